The number of benzene rings is 2. The summed E-state index contributed by atoms with van der Waals surface area (Å²) in [5.41, 5.74) is 1.59. The number of nitrogens with one attached hydrogen (secondary N) is 1. The zero-order chi connectivity index (χ0) is 18.2. The quantitative estimate of drug-likeness (QED) is 0.821. The van der Waals surface area contributed by atoms with Crippen LogP contribution in [0.2, 0.25) is 0 Å². The molecular formula is C19H20N2O4. The van der Waals surface area contributed by atoms with Crippen LogP contribution in [0.1, 0.15) is 23.7 Å². The SMILES string of the molecule is COC(=O)c1cccc(N(CCC(=O)Nc2ccccc2)C(C)=O)c1. The van der Waals surface area contributed by atoms with Gasteiger partial charge in [-0.15, -0.1) is 0 Å². The Bertz CT molecular complexity index is 759. The van der Waals surface area contributed by atoms with Gasteiger partial charge in [0.15, 0.2) is 0 Å². The van der Waals surface area contributed by atoms with Gasteiger partial charge in [-0.25, -0.2) is 4.79 Å². The molecule has 6 heteroatoms. The highest BCUT2D eigenvalue weighted by Crippen LogP contribution is 2.18. The zero-order valence-electron chi connectivity index (χ0n) is 14.2. The van der Waals surface area contributed by atoms with Crippen LogP contribution in [-0.2, 0) is 14.3 Å². The molecule has 1 N–H and O–H groups in total. The van der Waals surface area contributed by atoms with Gasteiger partial charge in [-0.05, 0) is 30.3 Å². The molecule has 0 fully saturated rings. The molecule has 0 aromatic heterocycles. The third-order valence-electron chi connectivity index (χ3n) is 3.58. The Labute approximate surface area is 146 Å². The van der Waals surface area contributed by atoms with Crippen molar-refractivity contribution in [3.63, 3.8) is 0 Å². The standard InChI is InChI=1S/C19H20N2O4/c1-14(22)21(17-10-6-7-15(13-17)19(24)25-2)12-11-18(23)20-16-8-4-3-5-9-16/h3-10,13H,11-12H2,1-2H3,(H,20,23). The summed E-state index contributed by atoms with van der Waals surface area (Å²) in [6.45, 7) is 1.62. The Morgan fingerprint density at radius 2 is 1.76 bits per heavy atom. The topological polar surface area (TPSA) is 75.7 Å². The number of carbonyl (C=O) groups excluding carboxylic acids is 3. The van der Waals surface area contributed by atoms with Crippen molar-refractivity contribution in [3.8, 4) is 0 Å². The van der Waals surface area contributed by atoms with Gasteiger partial charge >= 0.3 is 5.97 Å². The van der Waals surface area contributed by atoms with Crippen LogP contribution in [0, 0.1) is 0 Å². The number of hydrogen-bond donors (Lipinski definition) is 1. The van der Waals surface area contributed by atoms with Crippen LogP contribution in [0.3, 0.4) is 0 Å². The second-order valence-corrected chi connectivity index (χ2v) is 5.38. The third-order valence-corrected chi connectivity index (χ3v) is 3.58. The molecule has 2 aromatic carbocycles. The number of ether oxygens (including phenoxy) is 1. The van der Waals surface area contributed by atoms with Crippen molar-refractivity contribution in [3.05, 3.63) is 60.2 Å². The maximum Gasteiger partial charge on any atom is 0.337 e. The molecule has 2 aromatic rings. The molecule has 6 nitrogen and oxygen atoms in total. The van der Waals surface area contributed by atoms with Gasteiger partial charge < -0.3 is 15.0 Å². The van der Waals surface area contributed by atoms with Crippen LogP contribution in [0.15, 0.2) is 54.6 Å². The Kier molecular flexibility index (Phi) is 6.28. The zero-order valence-corrected chi connectivity index (χ0v) is 14.2. The fourth-order valence-corrected chi connectivity index (χ4v) is 2.35. The summed E-state index contributed by atoms with van der Waals surface area (Å²) in [5.74, 6) is -0.886. The van der Waals surface area contributed by atoms with Crippen molar-refractivity contribution in [2.24, 2.45) is 0 Å². The van der Waals surface area contributed by atoms with E-state index in [9.17, 15) is 14.4 Å². The lowest BCUT2D eigenvalue weighted by molar-refractivity contribution is -0.117. The number of methoxy groups -OCH3 is 1. The van der Waals surface area contributed by atoms with Gasteiger partial charge in [0, 0.05) is 31.3 Å². The van der Waals surface area contributed by atoms with Crippen LogP contribution in [0.25, 0.3) is 0 Å². The van der Waals surface area contributed by atoms with E-state index in [1.165, 1.54) is 18.9 Å². The summed E-state index contributed by atoms with van der Waals surface area (Å²) in [6, 6.07) is 15.7. The number of amides is 2. The van der Waals surface area contributed by atoms with Crippen LogP contribution in [0.5, 0.6) is 0 Å². The summed E-state index contributed by atoms with van der Waals surface area (Å²) in [6.07, 6.45) is 0.136. The summed E-state index contributed by atoms with van der Waals surface area (Å²) < 4.78 is 4.69. The van der Waals surface area contributed by atoms with Gasteiger partial charge in [-0.2, -0.15) is 0 Å². The van der Waals surface area contributed by atoms with Crippen LogP contribution >= 0.6 is 0 Å². The lowest BCUT2D eigenvalue weighted by Gasteiger charge is -2.21. The molecule has 0 aliphatic heterocycles. The van der Waals surface area contributed by atoms with E-state index in [4.69, 9.17) is 0 Å². The molecule has 0 heterocycles. The summed E-state index contributed by atoms with van der Waals surface area (Å²) in [4.78, 5) is 37.1. The van der Waals surface area contributed by atoms with E-state index in [-0.39, 0.29) is 24.8 Å². The fourth-order valence-electron chi connectivity index (χ4n) is 2.35. The fraction of sp³-hybridized carbons (Fsp3) is 0.211. The minimum Gasteiger partial charge on any atom is -0.465 e. The second kappa shape index (κ2) is 8.63. The summed E-state index contributed by atoms with van der Waals surface area (Å²) in [5, 5.41) is 2.78. The lowest BCUT2D eigenvalue weighted by Crippen LogP contribution is -2.32. The Balaban J connectivity index is 2.05. The van der Waals surface area contributed by atoms with E-state index in [0.29, 0.717) is 16.9 Å². The van der Waals surface area contributed by atoms with E-state index >= 15 is 0 Å². The van der Waals surface area contributed by atoms with Crippen molar-refractivity contribution in [1.29, 1.82) is 0 Å². The molecular weight excluding hydrogens is 320 g/mol. The second-order valence-electron chi connectivity index (χ2n) is 5.38. The van der Waals surface area contributed by atoms with E-state index in [0.717, 1.165) is 0 Å². The van der Waals surface area contributed by atoms with E-state index < -0.39 is 5.97 Å². The minimum atomic E-state index is -0.479. The molecule has 25 heavy (non-hydrogen) atoms. The number of para-hydroxylation sites is 1. The maximum atomic E-state index is 12.1. The number of nitrogens with zero attached hydrogens (tertiary/aromatic N) is 1. The van der Waals surface area contributed by atoms with Crippen LogP contribution < -0.4 is 10.2 Å². The largest absolute Gasteiger partial charge is 0.465 e. The molecule has 0 aliphatic rings. The first-order valence-corrected chi connectivity index (χ1v) is 7.82. The number of anilines is 2. The molecule has 2 amide bonds. The molecule has 0 unspecified atom stereocenters. The minimum absolute atomic E-state index is 0.136. The van der Waals surface area contributed by atoms with Gasteiger partial charge in [0.25, 0.3) is 0 Å². The average molecular weight is 340 g/mol. The monoisotopic (exact) mass is 340 g/mol. The molecule has 0 spiro atoms. The average Bonchev–Trinajstić information content (AvgIpc) is 2.62. The van der Waals surface area contributed by atoms with E-state index in [1.807, 2.05) is 18.2 Å². The number of carbonyl (C=O) groups is 3. The van der Waals surface area contributed by atoms with Gasteiger partial charge in [-0.3, -0.25) is 9.59 Å². The molecule has 0 saturated carbocycles. The first-order chi connectivity index (χ1) is 12.0. The molecule has 0 atom stereocenters. The first-order valence-electron chi connectivity index (χ1n) is 7.82. The normalized spacial score (nSPS) is 10.0. The lowest BCUT2D eigenvalue weighted by atomic mass is 10.1. The van der Waals surface area contributed by atoms with Crippen molar-refractivity contribution in [2.75, 3.05) is 23.9 Å². The van der Waals surface area contributed by atoms with Crippen molar-refractivity contribution in [1.82, 2.24) is 0 Å². The first kappa shape index (κ1) is 18.2. The Hall–Kier alpha value is -3.15. The molecule has 0 bridgehead atoms. The number of hydrogen-bond acceptors (Lipinski definition) is 4. The third kappa shape index (κ3) is 5.17. The van der Waals surface area contributed by atoms with Crippen molar-refractivity contribution < 1.29 is 19.1 Å². The number of esters is 1. The predicted octanol–water partition coefficient (Wildman–Crippen LogP) is 2.85. The van der Waals surface area contributed by atoms with E-state index in [2.05, 4.69) is 10.1 Å². The highest BCUT2D eigenvalue weighted by Gasteiger charge is 2.15. The highest BCUT2D eigenvalue weighted by atomic mass is 16.5. The Morgan fingerprint density at radius 3 is 2.40 bits per heavy atom. The van der Waals surface area contributed by atoms with Crippen LogP contribution in [-0.4, -0.2) is 31.4 Å². The molecule has 0 saturated heterocycles. The maximum absolute atomic E-state index is 12.1. The van der Waals surface area contributed by atoms with Gasteiger partial charge in [0.1, 0.15) is 0 Å². The van der Waals surface area contributed by atoms with Gasteiger partial charge in [-0.1, -0.05) is 24.3 Å². The number of rotatable bonds is 6. The van der Waals surface area contributed by atoms with Gasteiger partial charge in [0.05, 0.1) is 12.7 Å². The molecule has 130 valence electrons. The molecule has 0 radical (unpaired) electrons. The van der Waals surface area contributed by atoms with Gasteiger partial charge in [0.2, 0.25) is 11.8 Å². The molecule has 0 aliphatic carbocycles. The van der Waals surface area contributed by atoms with Crippen LogP contribution in [0.4, 0.5) is 11.4 Å². The summed E-state index contributed by atoms with van der Waals surface area (Å²) >= 11 is 0. The Morgan fingerprint density at radius 1 is 1.04 bits per heavy atom. The molecule has 2 rings (SSSR count). The van der Waals surface area contributed by atoms with E-state index in [1.54, 1.807) is 36.4 Å². The smallest absolute Gasteiger partial charge is 0.337 e. The summed E-state index contributed by atoms with van der Waals surface area (Å²) in [7, 11) is 1.30. The predicted molar refractivity (Wildman–Crippen MR) is 95.5 cm³/mol. The van der Waals surface area contributed by atoms with Crippen molar-refractivity contribution >= 4 is 29.2 Å². The van der Waals surface area contributed by atoms with Crippen molar-refractivity contribution in [2.45, 2.75) is 13.3 Å². The highest BCUT2D eigenvalue weighted by molar-refractivity contribution is 5.96.